The lowest BCUT2D eigenvalue weighted by Crippen LogP contribution is -2.19. The summed E-state index contributed by atoms with van der Waals surface area (Å²) in [5, 5.41) is 0. The predicted octanol–water partition coefficient (Wildman–Crippen LogP) is 9.28. The van der Waals surface area contributed by atoms with Gasteiger partial charge in [-0.1, -0.05) is 67.7 Å². The Kier molecular flexibility index (Phi) is 10.7. The molecule has 0 aromatic heterocycles. The Balaban J connectivity index is 1.40. The molecule has 0 fully saturated rings. The van der Waals surface area contributed by atoms with Crippen LogP contribution in [0.4, 0.5) is 8.78 Å². The van der Waals surface area contributed by atoms with Gasteiger partial charge < -0.3 is 4.74 Å². The minimum atomic E-state index is -0.875. The van der Waals surface area contributed by atoms with Crippen LogP contribution in [0.15, 0.2) is 47.6 Å². The number of benzene rings is 1. The maximum atomic E-state index is 14.2. The predicted molar refractivity (Wildman–Crippen MR) is 135 cm³/mol. The van der Waals surface area contributed by atoms with Crippen LogP contribution in [0.25, 0.3) is 0 Å². The van der Waals surface area contributed by atoms with Crippen molar-refractivity contribution in [2.45, 2.75) is 97.3 Å². The number of hydrogen-bond donors (Lipinski definition) is 0. The molecule has 3 heteroatoms. The van der Waals surface area contributed by atoms with Crippen LogP contribution >= 0.6 is 0 Å². The zero-order valence-electron chi connectivity index (χ0n) is 20.7. The number of hydrogen-bond acceptors (Lipinski definition) is 1. The van der Waals surface area contributed by atoms with E-state index >= 15 is 0 Å². The van der Waals surface area contributed by atoms with Gasteiger partial charge in [0.1, 0.15) is 0 Å². The molecule has 3 rings (SSSR count). The van der Waals surface area contributed by atoms with Gasteiger partial charge in [0.25, 0.3) is 0 Å². The summed E-state index contributed by atoms with van der Waals surface area (Å²) in [7, 11) is 0. The van der Waals surface area contributed by atoms with Crippen molar-refractivity contribution in [3.05, 3.63) is 64.8 Å². The Morgan fingerprint density at radius 2 is 1.70 bits per heavy atom. The first-order valence-electron chi connectivity index (χ1n) is 13.3. The lowest BCUT2D eigenvalue weighted by molar-refractivity contribution is 0.281. The summed E-state index contributed by atoms with van der Waals surface area (Å²) >= 11 is 0. The van der Waals surface area contributed by atoms with Gasteiger partial charge >= 0.3 is 0 Å². The molecule has 33 heavy (non-hydrogen) atoms. The SMILES string of the molecule is CCCCCCC1=CCC(C2CC=C(C=CCCc3ccc(OCC)c(F)c3F)CC2)CC1. The smallest absolute Gasteiger partial charge is 0.200 e. The Morgan fingerprint density at radius 3 is 2.36 bits per heavy atom. The van der Waals surface area contributed by atoms with Crippen molar-refractivity contribution in [1.82, 2.24) is 0 Å². The van der Waals surface area contributed by atoms with E-state index in [1.54, 1.807) is 18.6 Å². The van der Waals surface area contributed by atoms with Gasteiger partial charge in [0, 0.05) is 0 Å². The molecule has 0 radical (unpaired) electrons. The molecule has 0 saturated heterocycles. The zero-order valence-corrected chi connectivity index (χ0v) is 20.7. The van der Waals surface area contributed by atoms with Crippen LogP contribution in [-0.4, -0.2) is 6.61 Å². The summed E-state index contributed by atoms with van der Waals surface area (Å²) < 4.78 is 33.3. The third kappa shape index (κ3) is 7.83. The number of rotatable bonds is 12. The maximum absolute atomic E-state index is 14.2. The van der Waals surface area contributed by atoms with Crippen molar-refractivity contribution in [2.24, 2.45) is 11.8 Å². The highest BCUT2D eigenvalue weighted by molar-refractivity contribution is 5.31. The summed E-state index contributed by atoms with van der Waals surface area (Å²) in [6, 6.07) is 3.16. The monoisotopic (exact) mass is 456 g/mol. The number of unbranched alkanes of at least 4 members (excludes halogenated alkanes) is 3. The van der Waals surface area contributed by atoms with Gasteiger partial charge in [0.15, 0.2) is 11.6 Å². The van der Waals surface area contributed by atoms with Crippen molar-refractivity contribution >= 4 is 0 Å². The maximum Gasteiger partial charge on any atom is 0.200 e. The fourth-order valence-electron chi connectivity index (χ4n) is 5.30. The van der Waals surface area contributed by atoms with E-state index in [-0.39, 0.29) is 5.75 Å². The molecule has 2 atom stereocenters. The largest absolute Gasteiger partial charge is 0.491 e. The Labute approximate surface area is 200 Å². The van der Waals surface area contributed by atoms with E-state index in [0.29, 0.717) is 25.0 Å². The lowest BCUT2D eigenvalue weighted by Gasteiger charge is -2.32. The molecule has 0 aliphatic heterocycles. The van der Waals surface area contributed by atoms with Crippen molar-refractivity contribution in [2.75, 3.05) is 6.61 Å². The van der Waals surface area contributed by atoms with Crippen molar-refractivity contribution < 1.29 is 13.5 Å². The fourth-order valence-corrected chi connectivity index (χ4v) is 5.30. The van der Waals surface area contributed by atoms with Gasteiger partial charge in [0.2, 0.25) is 5.82 Å². The van der Waals surface area contributed by atoms with E-state index in [1.807, 2.05) is 0 Å². The Hall–Kier alpha value is -1.90. The normalized spacial score (nSPS) is 21.2. The van der Waals surface area contributed by atoms with Crippen LogP contribution in [0.5, 0.6) is 5.75 Å². The molecule has 1 nitrogen and oxygen atoms in total. The van der Waals surface area contributed by atoms with Crippen molar-refractivity contribution in [1.29, 1.82) is 0 Å². The highest BCUT2D eigenvalue weighted by Crippen LogP contribution is 2.38. The van der Waals surface area contributed by atoms with E-state index in [1.165, 1.54) is 75.8 Å². The second kappa shape index (κ2) is 13.7. The number of aryl methyl sites for hydroxylation is 1. The van der Waals surface area contributed by atoms with Crippen LogP contribution in [0.1, 0.15) is 96.5 Å². The highest BCUT2D eigenvalue weighted by Gasteiger charge is 2.25. The molecule has 0 amide bonds. The minimum absolute atomic E-state index is 0.00661. The molecule has 182 valence electrons. The topological polar surface area (TPSA) is 9.23 Å². The first-order valence-corrected chi connectivity index (χ1v) is 13.3. The van der Waals surface area contributed by atoms with Crippen LogP contribution < -0.4 is 4.74 Å². The quantitative estimate of drug-likeness (QED) is 0.225. The first-order chi connectivity index (χ1) is 16.1. The lowest BCUT2D eigenvalue weighted by atomic mass is 9.74. The molecule has 2 aliphatic carbocycles. The van der Waals surface area contributed by atoms with Crippen LogP contribution in [0, 0.1) is 23.5 Å². The van der Waals surface area contributed by atoms with Crippen molar-refractivity contribution in [3.8, 4) is 5.75 Å². The summed E-state index contributed by atoms with van der Waals surface area (Å²) in [6.07, 6.45) is 24.8. The molecule has 0 saturated carbocycles. The second-order valence-corrected chi connectivity index (χ2v) is 9.75. The van der Waals surface area contributed by atoms with E-state index in [2.05, 4.69) is 31.2 Å². The third-order valence-electron chi connectivity index (χ3n) is 7.39. The number of ether oxygens (including phenoxy) is 1. The summed E-state index contributed by atoms with van der Waals surface area (Å²) in [6.45, 7) is 4.36. The Morgan fingerprint density at radius 1 is 0.909 bits per heavy atom. The van der Waals surface area contributed by atoms with Gasteiger partial charge in [-0.05, 0) is 94.6 Å². The van der Waals surface area contributed by atoms with E-state index in [9.17, 15) is 8.78 Å². The molecular weight excluding hydrogens is 414 g/mol. The van der Waals surface area contributed by atoms with Gasteiger partial charge in [-0.15, -0.1) is 0 Å². The molecule has 0 bridgehead atoms. The number of allylic oxidation sites excluding steroid dienone is 6. The average molecular weight is 457 g/mol. The van der Waals surface area contributed by atoms with E-state index in [0.717, 1.165) is 18.3 Å². The molecule has 2 unspecified atom stereocenters. The molecule has 0 N–H and O–H groups in total. The van der Waals surface area contributed by atoms with Crippen molar-refractivity contribution in [3.63, 3.8) is 0 Å². The second-order valence-electron chi connectivity index (χ2n) is 9.75. The van der Waals surface area contributed by atoms with Gasteiger partial charge in [-0.3, -0.25) is 0 Å². The minimum Gasteiger partial charge on any atom is -0.491 e. The summed E-state index contributed by atoms with van der Waals surface area (Å²) in [5.41, 5.74) is 3.52. The highest BCUT2D eigenvalue weighted by atomic mass is 19.2. The summed E-state index contributed by atoms with van der Waals surface area (Å²) in [4.78, 5) is 0. The first kappa shape index (κ1) is 25.7. The number of halogens is 2. The van der Waals surface area contributed by atoms with Crippen LogP contribution in [-0.2, 0) is 6.42 Å². The van der Waals surface area contributed by atoms with Gasteiger partial charge in [-0.2, -0.15) is 4.39 Å². The molecule has 1 aromatic carbocycles. The Bertz CT molecular complexity index is 836. The van der Waals surface area contributed by atoms with E-state index < -0.39 is 11.6 Å². The molecule has 0 heterocycles. The molecule has 0 spiro atoms. The van der Waals surface area contributed by atoms with Gasteiger partial charge in [-0.25, -0.2) is 4.39 Å². The standard InChI is InChI=1S/C30H42F2O/c1-3-5-6-7-10-23-13-17-25(18-14-23)26-19-15-24(16-20-26)11-8-9-12-27-21-22-28(33-4-2)30(32)29(27)31/h8,11,13,15,21-22,25-26H,3-7,9-10,12,14,16-20H2,1-2H3. The third-order valence-corrected chi connectivity index (χ3v) is 7.39. The van der Waals surface area contributed by atoms with Crippen LogP contribution in [0.3, 0.4) is 0 Å². The van der Waals surface area contributed by atoms with E-state index in [4.69, 9.17) is 4.74 Å². The zero-order chi connectivity index (χ0) is 23.5. The fraction of sp³-hybridized carbons (Fsp3) is 0.600. The average Bonchev–Trinajstić information content (AvgIpc) is 2.84. The van der Waals surface area contributed by atoms with Gasteiger partial charge in [0.05, 0.1) is 6.61 Å². The summed E-state index contributed by atoms with van der Waals surface area (Å²) in [5.74, 6) is 0.0118. The molecule has 1 aromatic rings. The molecule has 2 aliphatic rings. The van der Waals surface area contributed by atoms with Crippen LogP contribution in [0.2, 0.25) is 0 Å². The molecular formula is C30H42F2O.